The summed E-state index contributed by atoms with van der Waals surface area (Å²) in [6.07, 6.45) is 0.958. The largest absolute Gasteiger partial charge is 0.356 e. The number of fused-ring (bicyclic) bond motifs is 3. The van der Waals surface area contributed by atoms with Crippen molar-refractivity contribution in [2.75, 3.05) is 6.61 Å². The standard InChI is InChI=1S/C35H34ClN3O3/c1-22-34-18-29-33(2,3)30-27(17-35(29,37-22)32(40)39(34)31(42-20-34)24-12-8-5-9-13-24)26-15-14-25(36)16-28(26)38(30)21-41-19-23-10-6-4-7-11-23/h4-16,29,31H,17-21H2,1-3H3/t29-,31+,34?,35?/m1/s1. The third-order valence-electron chi connectivity index (χ3n) is 10.4. The summed E-state index contributed by atoms with van der Waals surface area (Å²) in [7, 11) is 0. The first-order valence-corrected chi connectivity index (χ1v) is 15.1. The van der Waals surface area contributed by atoms with Crippen molar-refractivity contribution < 1.29 is 14.3 Å². The molecule has 1 amide bonds. The van der Waals surface area contributed by atoms with Gasteiger partial charge in [0.15, 0.2) is 6.23 Å². The Morgan fingerprint density at radius 3 is 2.55 bits per heavy atom. The van der Waals surface area contributed by atoms with E-state index in [2.05, 4.69) is 55.7 Å². The van der Waals surface area contributed by atoms with Gasteiger partial charge in [0.2, 0.25) is 0 Å². The molecule has 5 heterocycles. The van der Waals surface area contributed by atoms with Crippen molar-refractivity contribution in [2.45, 2.75) is 69.7 Å². The van der Waals surface area contributed by atoms with Crippen molar-refractivity contribution in [3.8, 4) is 0 Å². The smallest absolute Gasteiger partial charge is 0.254 e. The maximum absolute atomic E-state index is 14.9. The molecule has 42 heavy (non-hydrogen) atoms. The van der Waals surface area contributed by atoms with Crippen LogP contribution in [0.25, 0.3) is 10.9 Å². The maximum atomic E-state index is 14.9. The third-order valence-corrected chi connectivity index (χ3v) is 10.6. The highest BCUT2D eigenvalue weighted by atomic mass is 35.5. The van der Waals surface area contributed by atoms with E-state index in [1.54, 1.807) is 0 Å². The maximum Gasteiger partial charge on any atom is 0.254 e. The van der Waals surface area contributed by atoms with Crippen LogP contribution in [0.3, 0.4) is 0 Å². The van der Waals surface area contributed by atoms with Crippen LogP contribution in [0.5, 0.6) is 0 Å². The number of nitrogens with zero attached hydrogens (tertiary/aromatic N) is 3. The van der Waals surface area contributed by atoms with Crippen molar-refractivity contribution in [1.29, 1.82) is 0 Å². The monoisotopic (exact) mass is 579 g/mol. The van der Waals surface area contributed by atoms with E-state index < -0.39 is 17.3 Å². The molecule has 4 aromatic rings. The van der Waals surface area contributed by atoms with Crippen molar-refractivity contribution in [3.63, 3.8) is 0 Å². The molecular weight excluding hydrogens is 546 g/mol. The number of piperidine rings is 1. The average molecular weight is 580 g/mol. The lowest BCUT2D eigenvalue weighted by molar-refractivity contribution is -0.159. The summed E-state index contributed by atoms with van der Waals surface area (Å²) in [5, 5.41) is 1.79. The normalized spacial score (nSPS) is 28.9. The van der Waals surface area contributed by atoms with Gasteiger partial charge in [0.05, 0.1) is 18.7 Å². The third kappa shape index (κ3) is 3.40. The molecule has 5 aliphatic rings. The van der Waals surface area contributed by atoms with E-state index in [1.165, 1.54) is 11.3 Å². The molecule has 0 radical (unpaired) electrons. The van der Waals surface area contributed by atoms with E-state index in [0.29, 0.717) is 31.4 Å². The van der Waals surface area contributed by atoms with Crippen molar-refractivity contribution in [3.05, 3.63) is 106 Å². The van der Waals surface area contributed by atoms with Gasteiger partial charge >= 0.3 is 0 Å². The molecule has 2 bridgehead atoms. The Bertz CT molecular complexity index is 1760. The number of aliphatic imine (C=N–C) groups is 1. The Hall–Kier alpha value is -3.45. The van der Waals surface area contributed by atoms with E-state index in [-0.39, 0.29) is 17.2 Å². The highest BCUT2D eigenvalue weighted by Crippen LogP contribution is 2.62. The molecule has 2 saturated heterocycles. The van der Waals surface area contributed by atoms with Crippen LogP contribution in [0.4, 0.5) is 0 Å². The van der Waals surface area contributed by atoms with Crippen molar-refractivity contribution in [2.24, 2.45) is 10.9 Å². The van der Waals surface area contributed by atoms with Crippen LogP contribution >= 0.6 is 11.6 Å². The van der Waals surface area contributed by atoms with Crippen molar-refractivity contribution in [1.82, 2.24) is 9.47 Å². The minimum absolute atomic E-state index is 0.00994. The highest BCUT2D eigenvalue weighted by Gasteiger charge is 2.72. The number of hydrogen-bond acceptors (Lipinski definition) is 4. The van der Waals surface area contributed by atoms with Gasteiger partial charge in [-0.3, -0.25) is 14.7 Å². The lowest BCUT2D eigenvalue weighted by atomic mass is 9.51. The SMILES string of the molecule is CC1=NC23Cc4c(n(COCc5ccccc5)c5cc(Cl)ccc45)C(C)(C)[C@H]2CC12CO[C@@H](c1ccccc1)N2C3=O. The number of aromatic nitrogens is 1. The molecular formula is C35H34ClN3O3. The molecule has 9 rings (SSSR count). The van der Waals surface area contributed by atoms with Gasteiger partial charge in [-0.25, -0.2) is 0 Å². The first-order valence-electron chi connectivity index (χ1n) is 14.8. The Balaban J connectivity index is 1.26. The molecule has 0 saturated carbocycles. The minimum atomic E-state index is -0.882. The van der Waals surface area contributed by atoms with Crippen LogP contribution in [-0.2, 0) is 39.4 Å². The molecule has 0 N–H and O–H groups in total. The van der Waals surface area contributed by atoms with Gasteiger partial charge in [0.25, 0.3) is 5.91 Å². The van der Waals surface area contributed by atoms with Crippen molar-refractivity contribution >= 4 is 34.1 Å². The molecule has 214 valence electrons. The Labute approximate surface area is 250 Å². The molecule has 2 spiro atoms. The number of hydrogen-bond donors (Lipinski definition) is 0. The van der Waals surface area contributed by atoms with Crippen LogP contribution in [0, 0.1) is 5.92 Å². The second-order valence-corrected chi connectivity index (χ2v) is 13.4. The second-order valence-electron chi connectivity index (χ2n) is 12.9. The molecule has 4 atom stereocenters. The zero-order chi connectivity index (χ0) is 28.9. The van der Waals surface area contributed by atoms with Gasteiger partial charge in [-0.15, -0.1) is 0 Å². The fraction of sp³-hybridized carbons (Fsp3) is 0.371. The van der Waals surface area contributed by atoms with Gasteiger partial charge < -0.3 is 14.0 Å². The lowest BCUT2D eigenvalue weighted by Crippen LogP contribution is -2.76. The summed E-state index contributed by atoms with van der Waals surface area (Å²) < 4.78 is 15.1. The quantitative estimate of drug-likeness (QED) is 0.260. The van der Waals surface area contributed by atoms with E-state index in [9.17, 15) is 4.79 Å². The van der Waals surface area contributed by atoms with E-state index >= 15 is 0 Å². The van der Waals surface area contributed by atoms with Crippen LogP contribution < -0.4 is 0 Å². The number of ether oxygens (including phenoxy) is 2. The molecule has 4 aliphatic heterocycles. The van der Waals surface area contributed by atoms with E-state index in [4.69, 9.17) is 26.1 Å². The summed E-state index contributed by atoms with van der Waals surface area (Å²) in [6.45, 7) is 8.05. The number of carbonyl (C=O) groups is 1. The zero-order valence-corrected chi connectivity index (χ0v) is 24.9. The van der Waals surface area contributed by atoms with Crippen LogP contribution in [0.1, 0.15) is 55.8 Å². The summed E-state index contributed by atoms with van der Waals surface area (Å²) in [6, 6.07) is 26.4. The van der Waals surface area contributed by atoms with Gasteiger partial charge in [-0.05, 0) is 36.6 Å². The predicted molar refractivity (Wildman–Crippen MR) is 164 cm³/mol. The van der Waals surface area contributed by atoms with Crippen LogP contribution in [0.15, 0.2) is 83.9 Å². The van der Waals surface area contributed by atoms with Crippen LogP contribution in [0.2, 0.25) is 5.02 Å². The zero-order valence-electron chi connectivity index (χ0n) is 24.1. The highest BCUT2D eigenvalue weighted by molar-refractivity contribution is 6.31. The topological polar surface area (TPSA) is 56.1 Å². The molecule has 7 heteroatoms. The fourth-order valence-electron chi connectivity index (χ4n) is 8.52. The van der Waals surface area contributed by atoms with Gasteiger partial charge in [-0.2, -0.15) is 0 Å². The predicted octanol–water partition coefficient (Wildman–Crippen LogP) is 6.83. The molecule has 2 unspecified atom stereocenters. The number of amides is 1. The number of halogens is 1. The summed E-state index contributed by atoms with van der Waals surface area (Å²) in [4.78, 5) is 22.3. The van der Waals surface area contributed by atoms with Gasteiger partial charge in [0, 0.05) is 45.1 Å². The number of rotatable bonds is 5. The first-order chi connectivity index (χ1) is 20.3. The Morgan fingerprint density at radius 1 is 1.05 bits per heavy atom. The fourth-order valence-corrected chi connectivity index (χ4v) is 8.69. The molecule has 3 aromatic carbocycles. The number of carbonyl (C=O) groups excluding carboxylic acids is 1. The molecule has 1 aliphatic carbocycles. The number of benzene rings is 3. The average Bonchev–Trinajstić information content (AvgIpc) is 3.52. The van der Waals surface area contributed by atoms with Gasteiger partial charge in [-0.1, -0.05) is 92.2 Å². The summed E-state index contributed by atoms with van der Waals surface area (Å²) in [5.74, 6) is 0.0975. The van der Waals surface area contributed by atoms with Gasteiger partial charge in [0.1, 0.15) is 17.8 Å². The van der Waals surface area contributed by atoms with E-state index in [0.717, 1.165) is 34.2 Å². The first kappa shape index (κ1) is 26.2. The minimum Gasteiger partial charge on any atom is -0.356 e. The van der Waals surface area contributed by atoms with Crippen LogP contribution in [-0.4, -0.2) is 38.8 Å². The lowest BCUT2D eigenvalue weighted by Gasteiger charge is -2.62. The summed E-state index contributed by atoms with van der Waals surface area (Å²) in [5.41, 5.74) is 4.79. The summed E-state index contributed by atoms with van der Waals surface area (Å²) >= 11 is 6.57. The Kier molecular flexibility index (Phi) is 5.63. The molecule has 2 fully saturated rings. The molecule has 1 aromatic heterocycles. The van der Waals surface area contributed by atoms with E-state index in [1.807, 2.05) is 53.4 Å². The second kappa shape index (κ2) is 9.03. The Morgan fingerprint density at radius 2 is 1.79 bits per heavy atom. The molecule has 6 nitrogen and oxygen atoms in total.